The maximum absolute atomic E-state index is 15.1. The standard InChI is InChI=1S/C28H34F2O/c1-3-5-14-31-25-13-12-21-15-23(11-10-22(21)16-25)28-26(29)17-24(18-27(28)30)20-8-6-19(4-2)7-9-20/h3,5,12-13,16-20,23H,4,6-11,14-15H2,1-2H3. The molecule has 4 rings (SSSR count). The Morgan fingerprint density at radius 3 is 2.35 bits per heavy atom. The van der Waals surface area contributed by atoms with Crippen LogP contribution in [0.25, 0.3) is 0 Å². The average molecular weight is 425 g/mol. The molecule has 3 heteroatoms. The second-order valence-corrected chi connectivity index (χ2v) is 9.27. The third-order valence-electron chi connectivity index (χ3n) is 7.39. The molecular weight excluding hydrogens is 390 g/mol. The maximum Gasteiger partial charge on any atom is 0.129 e. The number of aryl methyl sites for hydroxylation is 1. The smallest absolute Gasteiger partial charge is 0.129 e. The van der Waals surface area contributed by atoms with Crippen molar-refractivity contribution in [3.63, 3.8) is 0 Å². The van der Waals surface area contributed by atoms with Crippen molar-refractivity contribution in [3.05, 3.63) is 76.4 Å². The van der Waals surface area contributed by atoms with Crippen molar-refractivity contribution in [1.82, 2.24) is 0 Å². The molecular formula is C28H34F2O. The van der Waals surface area contributed by atoms with Gasteiger partial charge in [-0.25, -0.2) is 8.78 Å². The van der Waals surface area contributed by atoms with E-state index >= 15 is 8.78 Å². The van der Waals surface area contributed by atoms with Crippen LogP contribution < -0.4 is 4.74 Å². The van der Waals surface area contributed by atoms with E-state index in [1.807, 2.05) is 25.1 Å². The van der Waals surface area contributed by atoms with Gasteiger partial charge < -0.3 is 4.74 Å². The molecule has 0 bridgehead atoms. The first-order chi connectivity index (χ1) is 15.1. The van der Waals surface area contributed by atoms with E-state index in [9.17, 15) is 0 Å². The Labute approximate surface area is 185 Å². The molecule has 1 saturated carbocycles. The van der Waals surface area contributed by atoms with Gasteiger partial charge in [0.25, 0.3) is 0 Å². The van der Waals surface area contributed by atoms with E-state index in [1.165, 1.54) is 30.4 Å². The van der Waals surface area contributed by atoms with E-state index < -0.39 is 0 Å². The normalized spacial score (nSPS) is 23.7. The van der Waals surface area contributed by atoms with Crippen LogP contribution in [0.5, 0.6) is 5.75 Å². The molecule has 1 fully saturated rings. The van der Waals surface area contributed by atoms with Crippen LogP contribution in [0.3, 0.4) is 0 Å². The Morgan fingerprint density at radius 1 is 0.935 bits per heavy atom. The first kappa shape index (κ1) is 22.0. The summed E-state index contributed by atoms with van der Waals surface area (Å²) in [6.45, 7) is 4.76. The first-order valence-corrected chi connectivity index (χ1v) is 11.9. The minimum Gasteiger partial charge on any atom is -0.490 e. The molecule has 0 spiro atoms. The molecule has 1 atom stereocenters. The lowest BCUT2D eigenvalue weighted by molar-refractivity contribution is 0.317. The zero-order valence-electron chi connectivity index (χ0n) is 18.8. The molecule has 0 aliphatic heterocycles. The number of allylic oxidation sites excluding steroid dienone is 1. The first-order valence-electron chi connectivity index (χ1n) is 11.9. The summed E-state index contributed by atoms with van der Waals surface area (Å²) in [5.41, 5.74) is 3.55. The Hall–Kier alpha value is -2.16. The number of hydrogen-bond acceptors (Lipinski definition) is 1. The van der Waals surface area contributed by atoms with Crippen molar-refractivity contribution in [1.29, 1.82) is 0 Å². The van der Waals surface area contributed by atoms with Gasteiger partial charge in [-0.15, -0.1) is 0 Å². The minimum atomic E-state index is -0.354. The van der Waals surface area contributed by atoms with Gasteiger partial charge in [0, 0.05) is 5.56 Å². The highest BCUT2D eigenvalue weighted by atomic mass is 19.1. The summed E-state index contributed by atoms with van der Waals surface area (Å²) in [4.78, 5) is 0. The number of hydrogen-bond donors (Lipinski definition) is 0. The van der Waals surface area contributed by atoms with Crippen molar-refractivity contribution in [2.45, 2.75) is 77.0 Å². The molecule has 2 aromatic rings. The lowest BCUT2D eigenvalue weighted by Gasteiger charge is -2.29. The zero-order chi connectivity index (χ0) is 21.8. The second-order valence-electron chi connectivity index (χ2n) is 9.27. The Morgan fingerprint density at radius 2 is 1.68 bits per heavy atom. The number of rotatable bonds is 6. The van der Waals surface area contributed by atoms with Crippen molar-refractivity contribution in [2.75, 3.05) is 6.61 Å². The van der Waals surface area contributed by atoms with Gasteiger partial charge in [0.15, 0.2) is 0 Å². The summed E-state index contributed by atoms with van der Waals surface area (Å²) >= 11 is 0. The maximum atomic E-state index is 15.1. The van der Waals surface area contributed by atoms with Crippen LogP contribution in [0.4, 0.5) is 8.78 Å². The van der Waals surface area contributed by atoms with Crippen LogP contribution in [0.15, 0.2) is 42.5 Å². The molecule has 0 saturated heterocycles. The molecule has 0 radical (unpaired) electrons. The lowest BCUT2D eigenvalue weighted by atomic mass is 9.76. The molecule has 0 aromatic heterocycles. The second kappa shape index (κ2) is 9.97. The predicted octanol–water partition coefficient (Wildman–Crippen LogP) is 7.88. The lowest BCUT2D eigenvalue weighted by Crippen LogP contribution is -2.17. The van der Waals surface area contributed by atoms with Gasteiger partial charge in [-0.05, 0) is 111 Å². The van der Waals surface area contributed by atoms with E-state index in [0.717, 1.165) is 42.9 Å². The van der Waals surface area contributed by atoms with E-state index in [2.05, 4.69) is 19.1 Å². The third kappa shape index (κ3) is 5.02. The molecule has 166 valence electrons. The van der Waals surface area contributed by atoms with Gasteiger partial charge in [-0.1, -0.05) is 31.6 Å². The third-order valence-corrected chi connectivity index (χ3v) is 7.39. The van der Waals surface area contributed by atoms with Gasteiger partial charge in [0.2, 0.25) is 0 Å². The van der Waals surface area contributed by atoms with E-state index in [0.29, 0.717) is 18.9 Å². The van der Waals surface area contributed by atoms with Crippen molar-refractivity contribution in [2.24, 2.45) is 5.92 Å². The van der Waals surface area contributed by atoms with Crippen LogP contribution in [0.2, 0.25) is 0 Å². The van der Waals surface area contributed by atoms with Gasteiger partial charge in [0.1, 0.15) is 24.0 Å². The predicted molar refractivity (Wildman–Crippen MR) is 123 cm³/mol. The van der Waals surface area contributed by atoms with Crippen LogP contribution in [-0.2, 0) is 12.8 Å². The quantitative estimate of drug-likeness (QED) is 0.429. The summed E-state index contributed by atoms with van der Waals surface area (Å²) in [5.74, 6) is 1.12. The molecule has 31 heavy (non-hydrogen) atoms. The Balaban J connectivity index is 1.48. The average Bonchev–Trinajstić information content (AvgIpc) is 2.79. The molecule has 0 heterocycles. The molecule has 1 unspecified atom stereocenters. The highest BCUT2D eigenvalue weighted by Gasteiger charge is 2.28. The Bertz CT molecular complexity index is 902. The number of halogens is 2. The Kier molecular flexibility index (Phi) is 7.09. The molecule has 0 amide bonds. The van der Waals surface area contributed by atoms with Crippen molar-refractivity contribution in [3.8, 4) is 5.75 Å². The fraction of sp³-hybridized carbons (Fsp3) is 0.500. The van der Waals surface area contributed by atoms with Crippen molar-refractivity contribution >= 4 is 0 Å². The van der Waals surface area contributed by atoms with E-state index in [-0.39, 0.29) is 23.1 Å². The number of fused-ring (bicyclic) bond motifs is 1. The number of benzene rings is 2. The van der Waals surface area contributed by atoms with Crippen LogP contribution in [0, 0.1) is 17.6 Å². The van der Waals surface area contributed by atoms with Gasteiger partial charge in [-0.2, -0.15) is 0 Å². The zero-order valence-corrected chi connectivity index (χ0v) is 18.8. The summed E-state index contributed by atoms with van der Waals surface area (Å²) in [5, 5.41) is 0. The monoisotopic (exact) mass is 424 g/mol. The largest absolute Gasteiger partial charge is 0.490 e. The summed E-state index contributed by atoms with van der Waals surface area (Å²) in [6, 6.07) is 9.36. The topological polar surface area (TPSA) is 9.23 Å². The van der Waals surface area contributed by atoms with E-state index in [1.54, 1.807) is 12.1 Å². The van der Waals surface area contributed by atoms with Gasteiger partial charge >= 0.3 is 0 Å². The molecule has 2 aliphatic rings. The van der Waals surface area contributed by atoms with Crippen LogP contribution in [-0.4, -0.2) is 6.61 Å². The summed E-state index contributed by atoms with van der Waals surface area (Å²) < 4.78 is 36.0. The molecule has 1 nitrogen and oxygen atoms in total. The van der Waals surface area contributed by atoms with E-state index in [4.69, 9.17) is 4.74 Å². The number of ether oxygens (including phenoxy) is 1. The summed E-state index contributed by atoms with van der Waals surface area (Å²) in [6.07, 6.45) is 11.9. The highest BCUT2D eigenvalue weighted by molar-refractivity contribution is 5.41. The SMILES string of the molecule is CC=CCOc1ccc2c(c1)CCC(c1c(F)cc(C3CCC(CC)CC3)cc1F)C2. The van der Waals surface area contributed by atoms with Gasteiger partial charge in [-0.3, -0.25) is 0 Å². The molecule has 2 aliphatic carbocycles. The van der Waals surface area contributed by atoms with Crippen molar-refractivity contribution < 1.29 is 13.5 Å². The minimum absolute atomic E-state index is 0.104. The highest BCUT2D eigenvalue weighted by Crippen LogP contribution is 2.40. The van der Waals surface area contributed by atoms with Gasteiger partial charge in [0.05, 0.1) is 0 Å². The summed E-state index contributed by atoms with van der Waals surface area (Å²) in [7, 11) is 0. The molecule has 2 aromatic carbocycles. The van der Waals surface area contributed by atoms with Crippen LogP contribution >= 0.6 is 0 Å². The fourth-order valence-electron chi connectivity index (χ4n) is 5.44. The molecule has 0 N–H and O–H groups in total. The van der Waals surface area contributed by atoms with Crippen LogP contribution in [0.1, 0.15) is 86.5 Å². The fourth-order valence-corrected chi connectivity index (χ4v) is 5.44.